The second kappa shape index (κ2) is 8.98. The van der Waals surface area contributed by atoms with Crippen LogP contribution in [0.25, 0.3) is 0 Å². The minimum Gasteiger partial charge on any atom is -0.393 e. The van der Waals surface area contributed by atoms with Crippen LogP contribution in [0.1, 0.15) is 31.9 Å². The Morgan fingerprint density at radius 2 is 1.95 bits per heavy atom. The number of nitrogens with one attached hydrogen (secondary N) is 1. The molecule has 0 aliphatic rings. The number of ether oxygens (including phenoxy) is 1. The maximum Gasteiger partial charge on any atom is 0.317 e. The van der Waals surface area contributed by atoms with Crippen molar-refractivity contribution in [3.8, 4) is 0 Å². The summed E-state index contributed by atoms with van der Waals surface area (Å²) in [4.78, 5) is 13.7. The maximum absolute atomic E-state index is 12.1. The third-order valence-electron chi connectivity index (χ3n) is 3.49. The fraction of sp³-hybridized carbons (Fsp3) is 0.562. The van der Waals surface area contributed by atoms with Crippen LogP contribution >= 0.6 is 11.6 Å². The number of hydrogen-bond acceptors (Lipinski definition) is 3. The Morgan fingerprint density at radius 1 is 1.36 bits per heavy atom. The van der Waals surface area contributed by atoms with Crippen LogP contribution in [-0.2, 0) is 4.74 Å². The highest BCUT2D eigenvalue weighted by molar-refractivity contribution is 6.30. The molecule has 0 aliphatic heterocycles. The summed E-state index contributed by atoms with van der Waals surface area (Å²) < 4.78 is 5.50. The fourth-order valence-corrected chi connectivity index (χ4v) is 2.27. The number of urea groups is 1. The topological polar surface area (TPSA) is 61.8 Å². The van der Waals surface area contributed by atoms with Gasteiger partial charge in [0, 0.05) is 25.7 Å². The molecule has 0 bridgehead atoms. The summed E-state index contributed by atoms with van der Waals surface area (Å²) in [5, 5.41) is 12.8. The number of rotatable bonds is 7. The molecule has 5 nitrogen and oxygen atoms in total. The number of carbonyl (C=O) groups is 1. The summed E-state index contributed by atoms with van der Waals surface area (Å²) in [7, 11) is 3.31. The van der Waals surface area contributed by atoms with Crippen molar-refractivity contribution >= 4 is 17.6 Å². The Morgan fingerprint density at radius 3 is 2.45 bits per heavy atom. The van der Waals surface area contributed by atoms with E-state index in [9.17, 15) is 9.90 Å². The lowest BCUT2D eigenvalue weighted by molar-refractivity contribution is 0.0738. The molecule has 0 saturated heterocycles. The number of benzene rings is 1. The number of nitrogens with zero attached hydrogens (tertiary/aromatic N) is 1. The van der Waals surface area contributed by atoms with E-state index in [2.05, 4.69) is 5.32 Å². The number of hydrogen-bond donors (Lipinski definition) is 2. The second-order valence-corrected chi connectivity index (χ2v) is 5.94. The number of methoxy groups -OCH3 is 1. The first kappa shape index (κ1) is 18.7. The van der Waals surface area contributed by atoms with Crippen molar-refractivity contribution < 1.29 is 14.6 Å². The highest BCUT2D eigenvalue weighted by Crippen LogP contribution is 2.22. The van der Waals surface area contributed by atoms with Crippen LogP contribution in [0.4, 0.5) is 4.79 Å². The maximum atomic E-state index is 12.1. The third-order valence-corrected chi connectivity index (χ3v) is 3.74. The van der Waals surface area contributed by atoms with Crippen molar-refractivity contribution in [3.05, 3.63) is 34.9 Å². The Bertz CT molecular complexity index is 465. The first-order chi connectivity index (χ1) is 10.3. The molecule has 1 rings (SSSR count). The first-order valence-electron chi connectivity index (χ1n) is 7.33. The Hall–Kier alpha value is -1.30. The number of amides is 2. The summed E-state index contributed by atoms with van der Waals surface area (Å²) in [6, 6.07) is 6.97. The molecule has 0 saturated carbocycles. The van der Waals surface area contributed by atoms with Gasteiger partial charge in [-0.05, 0) is 38.0 Å². The molecule has 0 spiro atoms. The van der Waals surface area contributed by atoms with Gasteiger partial charge in [-0.3, -0.25) is 0 Å². The molecule has 6 heteroatoms. The normalized spacial score (nSPS) is 15.0. The van der Waals surface area contributed by atoms with Gasteiger partial charge >= 0.3 is 6.03 Å². The molecule has 0 aliphatic carbocycles. The van der Waals surface area contributed by atoms with Crippen LogP contribution in [0.3, 0.4) is 0 Å². The van der Waals surface area contributed by atoms with E-state index in [4.69, 9.17) is 16.3 Å². The summed E-state index contributed by atoms with van der Waals surface area (Å²) in [6.07, 6.45) is -0.136. The monoisotopic (exact) mass is 328 g/mol. The van der Waals surface area contributed by atoms with Crippen LogP contribution in [-0.4, -0.2) is 48.9 Å². The molecular formula is C16H25ClN2O3. The molecule has 3 unspecified atom stereocenters. The summed E-state index contributed by atoms with van der Waals surface area (Å²) in [5.41, 5.74) is 0.950. The summed E-state index contributed by atoms with van der Waals surface area (Å²) in [5.74, 6) is 0. The smallest absolute Gasteiger partial charge is 0.317 e. The van der Waals surface area contributed by atoms with Crippen molar-refractivity contribution in [3.63, 3.8) is 0 Å². The molecule has 0 fully saturated rings. The fourth-order valence-electron chi connectivity index (χ4n) is 2.14. The van der Waals surface area contributed by atoms with Gasteiger partial charge in [-0.1, -0.05) is 23.7 Å². The van der Waals surface area contributed by atoms with Gasteiger partial charge in [-0.25, -0.2) is 4.79 Å². The van der Waals surface area contributed by atoms with E-state index in [-0.39, 0.29) is 18.2 Å². The molecule has 3 atom stereocenters. The van der Waals surface area contributed by atoms with E-state index < -0.39 is 6.10 Å². The molecule has 0 aromatic heterocycles. The van der Waals surface area contributed by atoms with Crippen molar-refractivity contribution in [1.29, 1.82) is 0 Å². The van der Waals surface area contributed by atoms with Gasteiger partial charge in [0.05, 0.1) is 12.1 Å². The third kappa shape index (κ3) is 5.83. The SMILES string of the molecule is COC(c1ccc(Cl)cc1)C(C)NC(=O)N(C)CCC(C)O. The Kier molecular flexibility index (Phi) is 7.65. The summed E-state index contributed by atoms with van der Waals surface area (Å²) in [6.45, 7) is 4.09. The molecule has 22 heavy (non-hydrogen) atoms. The van der Waals surface area contributed by atoms with E-state index in [1.54, 1.807) is 38.1 Å². The van der Waals surface area contributed by atoms with E-state index >= 15 is 0 Å². The number of aliphatic hydroxyl groups is 1. The van der Waals surface area contributed by atoms with Gasteiger partial charge in [0.2, 0.25) is 0 Å². The van der Waals surface area contributed by atoms with Crippen molar-refractivity contribution in [2.75, 3.05) is 20.7 Å². The lowest BCUT2D eigenvalue weighted by Crippen LogP contribution is -2.45. The van der Waals surface area contributed by atoms with Gasteiger partial charge in [0.15, 0.2) is 0 Å². The lowest BCUT2D eigenvalue weighted by atomic mass is 10.0. The number of halogens is 1. The molecule has 1 aromatic carbocycles. The van der Waals surface area contributed by atoms with Crippen LogP contribution in [0.15, 0.2) is 24.3 Å². The van der Waals surface area contributed by atoms with Gasteiger partial charge in [0.25, 0.3) is 0 Å². The zero-order chi connectivity index (χ0) is 16.7. The van der Waals surface area contributed by atoms with E-state index in [1.807, 2.05) is 19.1 Å². The standard InChI is InChI=1S/C16H25ClN2O3/c1-11(20)9-10-19(3)16(21)18-12(2)15(22-4)13-5-7-14(17)8-6-13/h5-8,11-12,15,20H,9-10H2,1-4H3,(H,18,21). The average Bonchev–Trinajstić information content (AvgIpc) is 2.47. The zero-order valence-corrected chi connectivity index (χ0v) is 14.3. The quantitative estimate of drug-likeness (QED) is 0.809. The van der Waals surface area contributed by atoms with Gasteiger partial charge < -0.3 is 20.1 Å². The van der Waals surface area contributed by atoms with Crippen LogP contribution in [0, 0.1) is 0 Å². The zero-order valence-electron chi connectivity index (χ0n) is 13.5. The minimum absolute atomic E-state index is 0.191. The number of aliphatic hydroxyl groups excluding tert-OH is 1. The van der Waals surface area contributed by atoms with Crippen LogP contribution in [0.2, 0.25) is 5.02 Å². The largest absolute Gasteiger partial charge is 0.393 e. The lowest BCUT2D eigenvalue weighted by Gasteiger charge is -2.27. The molecule has 2 amide bonds. The van der Waals surface area contributed by atoms with E-state index in [1.165, 1.54) is 0 Å². The first-order valence-corrected chi connectivity index (χ1v) is 7.71. The van der Waals surface area contributed by atoms with Gasteiger partial charge in [-0.15, -0.1) is 0 Å². The molecule has 124 valence electrons. The van der Waals surface area contributed by atoms with Gasteiger partial charge in [-0.2, -0.15) is 0 Å². The Balaban J connectivity index is 2.62. The highest BCUT2D eigenvalue weighted by Gasteiger charge is 2.22. The van der Waals surface area contributed by atoms with Crippen molar-refractivity contribution in [1.82, 2.24) is 10.2 Å². The predicted molar refractivity (Wildman–Crippen MR) is 88.1 cm³/mol. The molecular weight excluding hydrogens is 304 g/mol. The predicted octanol–water partition coefficient (Wildman–Crippen LogP) is 2.83. The van der Waals surface area contributed by atoms with Crippen LogP contribution < -0.4 is 5.32 Å². The molecule has 1 aromatic rings. The van der Waals surface area contributed by atoms with E-state index in [0.717, 1.165) is 5.56 Å². The molecule has 0 radical (unpaired) electrons. The highest BCUT2D eigenvalue weighted by atomic mass is 35.5. The van der Waals surface area contributed by atoms with Crippen molar-refractivity contribution in [2.24, 2.45) is 0 Å². The number of carbonyl (C=O) groups excluding carboxylic acids is 1. The molecule has 0 heterocycles. The second-order valence-electron chi connectivity index (χ2n) is 5.51. The molecule has 2 N–H and O–H groups in total. The average molecular weight is 329 g/mol. The van der Waals surface area contributed by atoms with E-state index in [0.29, 0.717) is 18.0 Å². The van der Waals surface area contributed by atoms with Crippen LogP contribution in [0.5, 0.6) is 0 Å². The Labute approximate surface area is 137 Å². The van der Waals surface area contributed by atoms with Crippen molar-refractivity contribution in [2.45, 2.75) is 38.5 Å². The summed E-state index contributed by atoms with van der Waals surface area (Å²) >= 11 is 5.89. The van der Waals surface area contributed by atoms with Gasteiger partial charge in [0.1, 0.15) is 6.10 Å². The minimum atomic E-state index is -0.423.